The molecular weight excluding hydrogens is 383 g/mol. The van der Waals surface area contributed by atoms with E-state index in [-0.39, 0.29) is 5.78 Å². The van der Waals surface area contributed by atoms with Gasteiger partial charge >= 0.3 is 0 Å². The lowest BCUT2D eigenvalue weighted by molar-refractivity contribution is 0.102. The number of thioether (sulfide) groups is 1. The van der Waals surface area contributed by atoms with Crippen LogP contribution in [-0.4, -0.2) is 21.5 Å². The fraction of sp³-hybridized carbons (Fsp3) is 0.235. The van der Waals surface area contributed by atoms with Crippen molar-refractivity contribution in [1.82, 2.24) is 9.97 Å². The molecule has 0 aliphatic heterocycles. The maximum absolute atomic E-state index is 12.4. The molecule has 2 heterocycles. The molecule has 0 amide bonds. The average Bonchev–Trinajstić information content (AvgIpc) is 3.15. The van der Waals surface area contributed by atoms with Gasteiger partial charge in [-0.1, -0.05) is 35.0 Å². The molecule has 0 bridgehead atoms. The summed E-state index contributed by atoms with van der Waals surface area (Å²) in [6.45, 7) is 0. The van der Waals surface area contributed by atoms with Gasteiger partial charge in [-0.05, 0) is 43.0 Å². The molecule has 7 heteroatoms. The summed E-state index contributed by atoms with van der Waals surface area (Å²) in [7, 11) is 0. The van der Waals surface area contributed by atoms with Crippen LogP contribution in [0.15, 0.2) is 29.6 Å². The third-order valence-electron chi connectivity index (χ3n) is 4.05. The average molecular weight is 395 g/mol. The first-order valence-corrected chi connectivity index (χ1v) is 10.1. The molecule has 3 aromatic rings. The number of carbonyl (C=O) groups excluding carboxylic acids is 1. The molecule has 0 radical (unpaired) electrons. The highest BCUT2D eigenvalue weighted by atomic mass is 35.5. The van der Waals surface area contributed by atoms with Crippen LogP contribution in [0, 0.1) is 0 Å². The molecule has 1 aromatic carbocycles. The quantitative estimate of drug-likeness (QED) is 0.334. The number of Topliss-reactive ketones (excluding diaryl/α,β-unsaturated/α-hetero) is 1. The Labute approximate surface area is 157 Å². The zero-order valence-electron chi connectivity index (χ0n) is 12.5. The Bertz CT molecular complexity index is 955. The van der Waals surface area contributed by atoms with E-state index in [0.29, 0.717) is 21.4 Å². The van der Waals surface area contributed by atoms with E-state index < -0.39 is 0 Å². The highest BCUT2D eigenvalue weighted by Gasteiger charge is 2.21. The number of rotatable bonds is 4. The lowest BCUT2D eigenvalue weighted by Crippen LogP contribution is -2.03. The Morgan fingerprint density at radius 3 is 2.92 bits per heavy atom. The number of carbonyl (C=O) groups is 1. The van der Waals surface area contributed by atoms with E-state index in [1.54, 1.807) is 35.9 Å². The number of benzene rings is 1. The van der Waals surface area contributed by atoms with Crippen molar-refractivity contribution in [3.63, 3.8) is 0 Å². The van der Waals surface area contributed by atoms with Crippen molar-refractivity contribution < 1.29 is 4.79 Å². The van der Waals surface area contributed by atoms with Gasteiger partial charge in [-0.15, -0.1) is 11.3 Å². The number of nitrogens with zero attached hydrogens (tertiary/aromatic N) is 2. The Hall–Kier alpha value is -1.14. The summed E-state index contributed by atoms with van der Waals surface area (Å²) in [5.41, 5.74) is 1.94. The van der Waals surface area contributed by atoms with Crippen LogP contribution < -0.4 is 0 Å². The molecule has 122 valence electrons. The number of fused-ring (bicyclic) bond motifs is 3. The van der Waals surface area contributed by atoms with E-state index >= 15 is 0 Å². The van der Waals surface area contributed by atoms with E-state index in [1.165, 1.54) is 28.6 Å². The first-order chi connectivity index (χ1) is 11.6. The number of hydrogen-bond acceptors (Lipinski definition) is 5. The number of aryl methyl sites for hydroxylation is 2. The first kappa shape index (κ1) is 16.3. The van der Waals surface area contributed by atoms with Gasteiger partial charge in [0.15, 0.2) is 5.78 Å². The number of hydrogen-bond donors (Lipinski definition) is 0. The predicted octanol–water partition coefficient (Wildman–Crippen LogP) is 5.46. The highest BCUT2D eigenvalue weighted by Crippen LogP contribution is 2.40. The predicted molar refractivity (Wildman–Crippen MR) is 101 cm³/mol. The largest absolute Gasteiger partial charge is 0.293 e. The van der Waals surface area contributed by atoms with Gasteiger partial charge in [0, 0.05) is 15.8 Å². The molecule has 0 saturated heterocycles. The van der Waals surface area contributed by atoms with Gasteiger partial charge in [-0.3, -0.25) is 4.79 Å². The molecule has 1 aliphatic carbocycles. The van der Waals surface area contributed by atoms with Gasteiger partial charge in [0.25, 0.3) is 0 Å². The summed E-state index contributed by atoms with van der Waals surface area (Å²) >= 11 is 15.1. The molecule has 3 nitrogen and oxygen atoms in total. The Morgan fingerprint density at radius 2 is 2.08 bits per heavy atom. The normalized spacial score (nSPS) is 13.4. The molecule has 4 rings (SSSR count). The van der Waals surface area contributed by atoms with Crippen molar-refractivity contribution in [2.75, 3.05) is 5.75 Å². The van der Waals surface area contributed by atoms with E-state index in [4.69, 9.17) is 23.2 Å². The van der Waals surface area contributed by atoms with E-state index in [9.17, 15) is 4.79 Å². The van der Waals surface area contributed by atoms with Gasteiger partial charge in [0.2, 0.25) is 0 Å². The molecule has 0 unspecified atom stereocenters. The smallest absolute Gasteiger partial charge is 0.173 e. The molecule has 0 saturated carbocycles. The zero-order valence-corrected chi connectivity index (χ0v) is 15.7. The third-order valence-corrected chi connectivity index (χ3v) is 6.98. The molecule has 0 fully saturated rings. The summed E-state index contributed by atoms with van der Waals surface area (Å²) < 4.78 is 0. The fourth-order valence-corrected chi connectivity index (χ4v) is 5.41. The van der Waals surface area contributed by atoms with Gasteiger partial charge in [0.05, 0.1) is 15.8 Å². The number of halogens is 2. The van der Waals surface area contributed by atoms with Crippen molar-refractivity contribution >= 4 is 62.3 Å². The monoisotopic (exact) mass is 394 g/mol. The van der Waals surface area contributed by atoms with Gasteiger partial charge in [0.1, 0.15) is 16.2 Å². The Morgan fingerprint density at radius 1 is 1.21 bits per heavy atom. The van der Waals surface area contributed by atoms with Crippen molar-refractivity contribution in [2.45, 2.75) is 24.3 Å². The van der Waals surface area contributed by atoms with Crippen LogP contribution in [0.3, 0.4) is 0 Å². The third kappa shape index (κ3) is 2.94. The van der Waals surface area contributed by atoms with Crippen LogP contribution in [0.4, 0.5) is 0 Å². The topological polar surface area (TPSA) is 42.9 Å². The van der Waals surface area contributed by atoms with E-state index in [0.717, 1.165) is 28.1 Å². The second kappa shape index (κ2) is 6.64. The summed E-state index contributed by atoms with van der Waals surface area (Å²) in [6, 6.07) is 4.97. The van der Waals surface area contributed by atoms with Gasteiger partial charge in [-0.25, -0.2) is 9.97 Å². The minimum atomic E-state index is 0.0113. The maximum Gasteiger partial charge on any atom is 0.173 e. The minimum Gasteiger partial charge on any atom is -0.293 e. The molecule has 24 heavy (non-hydrogen) atoms. The van der Waals surface area contributed by atoms with Crippen LogP contribution >= 0.6 is 46.3 Å². The van der Waals surface area contributed by atoms with Crippen molar-refractivity contribution in [1.29, 1.82) is 0 Å². The van der Waals surface area contributed by atoms with Gasteiger partial charge < -0.3 is 0 Å². The molecule has 1 aliphatic rings. The van der Waals surface area contributed by atoms with Crippen LogP contribution in [-0.2, 0) is 12.8 Å². The van der Waals surface area contributed by atoms with Gasteiger partial charge in [-0.2, -0.15) is 0 Å². The Balaban J connectivity index is 1.59. The van der Waals surface area contributed by atoms with Crippen LogP contribution in [0.5, 0.6) is 0 Å². The maximum atomic E-state index is 12.4. The second-order valence-electron chi connectivity index (χ2n) is 5.56. The summed E-state index contributed by atoms with van der Waals surface area (Å²) in [6.07, 6.45) is 4.98. The number of ketones is 1. The molecule has 0 N–H and O–H groups in total. The van der Waals surface area contributed by atoms with Crippen molar-refractivity contribution in [3.05, 3.63) is 50.6 Å². The SMILES string of the molecule is O=C(CSc1ncnc2sc3c(c12)CCC3)c1ccc(Cl)c(Cl)c1. The Kier molecular flexibility index (Phi) is 4.52. The number of thiophene rings is 1. The van der Waals surface area contributed by atoms with Crippen LogP contribution in [0.1, 0.15) is 27.2 Å². The standard InChI is InChI=1S/C17H12Cl2N2OS2/c18-11-5-4-9(6-12(11)19)13(22)7-23-16-15-10-2-1-3-14(10)24-17(15)21-8-20-16/h4-6,8H,1-3,7H2. The van der Waals surface area contributed by atoms with Crippen molar-refractivity contribution in [2.24, 2.45) is 0 Å². The summed E-state index contributed by atoms with van der Waals surface area (Å²) in [5.74, 6) is 0.325. The molecule has 2 aromatic heterocycles. The van der Waals surface area contributed by atoms with Crippen LogP contribution in [0.2, 0.25) is 10.0 Å². The van der Waals surface area contributed by atoms with Crippen molar-refractivity contribution in [3.8, 4) is 0 Å². The van der Waals surface area contributed by atoms with E-state index in [1.807, 2.05) is 0 Å². The lowest BCUT2D eigenvalue weighted by Gasteiger charge is -2.05. The summed E-state index contributed by atoms with van der Waals surface area (Å²) in [5, 5.41) is 2.88. The highest BCUT2D eigenvalue weighted by molar-refractivity contribution is 8.00. The molecule has 0 atom stereocenters. The second-order valence-corrected chi connectivity index (χ2v) is 8.42. The molecule has 0 spiro atoms. The molecular formula is C17H12Cl2N2OS2. The zero-order chi connectivity index (χ0) is 16.7. The van der Waals surface area contributed by atoms with Crippen LogP contribution in [0.25, 0.3) is 10.2 Å². The fourth-order valence-electron chi connectivity index (χ4n) is 2.90. The minimum absolute atomic E-state index is 0.0113. The first-order valence-electron chi connectivity index (χ1n) is 7.50. The summed E-state index contributed by atoms with van der Waals surface area (Å²) in [4.78, 5) is 23.7. The lowest BCUT2D eigenvalue weighted by atomic mass is 10.1. The number of aromatic nitrogens is 2. The van der Waals surface area contributed by atoms with E-state index in [2.05, 4.69) is 9.97 Å².